The van der Waals surface area contributed by atoms with Gasteiger partial charge in [0.05, 0.1) is 21.8 Å². The second-order valence-electron chi connectivity index (χ2n) is 3.06. The summed E-state index contributed by atoms with van der Waals surface area (Å²) in [5.41, 5.74) is -4.25. The van der Waals surface area contributed by atoms with E-state index in [1.54, 1.807) is 0 Å². The first-order chi connectivity index (χ1) is 8.07. The number of isocyanates is 1. The summed E-state index contributed by atoms with van der Waals surface area (Å²) in [7, 11) is 0. The average Bonchev–Trinajstić information content (AvgIpc) is 2.17. The highest BCUT2D eigenvalue weighted by Crippen LogP contribution is 2.43. The van der Waals surface area contributed by atoms with E-state index in [0.717, 1.165) is 6.08 Å². The van der Waals surface area contributed by atoms with Crippen LogP contribution in [0.5, 0.6) is 0 Å². The van der Waals surface area contributed by atoms with Crippen molar-refractivity contribution in [3.63, 3.8) is 0 Å². The van der Waals surface area contributed by atoms with Crippen molar-refractivity contribution in [1.29, 1.82) is 0 Å². The molecule has 0 atom stereocenters. The van der Waals surface area contributed by atoms with Gasteiger partial charge < -0.3 is 0 Å². The molecule has 0 aliphatic heterocycles. The van der Waals surface area contributed by atoms with Gasteiger partial charge in [-0.2, -0.15) is 31.3 Å². The van der Waals surface area contributed by atoms with Gasteiger partial charge in [-0.3, -0.25) is 0 Å². The number of nitrogens with zero attached hydrogens (tertiary/aromatic N) is 1. The second-order valence-corrected chi connectivity index (χ2v) is 3.43. The van der Waals surface area contributed by atoms with Gasteiger partial charge in [-0.1, -0.05) is 11.6 Å². The van der Waals surface area contributed by atoms with Crippen molar-refractivity contribution >= 4 is 23.4 Å². The largest absolute Gasteiger partial charge is 0.417 e. The van der Waals surface area contributed by atoms with Crippen molar-refractivity contribution in [2.75, 3.05) is 0 Å². The van der Waals surface area contributed by atoms with Gasteiger partial charge in [-0.25, -0.2) is 4.79 Å². The van der Waals surface area contributed by atoms with E-state index in [2.05, 4.69) is 4.99 Å². The number of benzene rings is 1. The smallest absolute Gasteiger partial charge is 0.211 e. The van der Waals surface area contributed by atoms with Crippen LogP contribution in [0.2, 0.25) is 5.02 Å². The highest BCUT2D eigenvalue weighted by molar-refractivity contribution is 6.34. The molecule has 0 fully saturated rings. The van der Waals surface area contributed by atoms with Crippen molar-refractivity contribution in [3.05, 3.63) is 28.3 Å². The van der Waals surface area contributed by atoms with Gasteiger partial charge in [-0.15, -0.1) is 0 Å². The maximum Gasteiger partial charge on any atom is 0.417 e. The van der Waals surface area contributed by atoms with Crippen LogP contribution in [0.4, 0.5) is 32.0 Å². The van der Waals surface area contributed by atoms with Gasteiger partial charge >= 0.3 is 12.4 Å². The third kappa shape index (κ3) is 3.02. The molecule has 0 N–H and O–H groups in total. The lowest BCUT2D eigenvalue weighted by Crippen LogP contribution is -2.11. The molecule has 0 aromatic heterocycles. The zero-order chi connectivity index (χ0) is 14.1. The molecule has 0 bridgehead atoms. The lowest BCUT2D eigenvalue weighted by molar-refractivity contribution is -0.142. The molecule has 0 saturated heterocycles. The molecular weight excluding hydrogens is 288 g/mol. The van der Waals surface area contributed by atoms with Gasteiger partial charge in [-0.05, 0) is 12.1 Å². The van der Waals surface area contributed by atoms with E-state index >= 15 is 0 Å². The van der Waals surface area contributed by atoms with E-state index in [-0.39, 0.29) is 12.1 Å². The summed E-state index contributed by atoms with van der Waals surface area (Å²) in [6.45, 7) is 0. The number of alkyl halides is 6. The summed E-state index contributed by atoms with van der Waals surface area (Å²) in [6, 6.07) is 0.0919. The Morgan fingerprint density at radius 3 is 2.00 bits per heavy atom. The summed E-state index contributed by atoms with van der Waals surface area (Å²) in [5.74, 6) is 0. The van der Waals surface area contributed by atoms with E-state index in [9.17, 15) is 31.1 Å². The zero-order valence-corrected chi connectivity index (χ0v) is 8.91. The molecule has 0 radical (unpaired) electrons. The number of hydrogen-bond donors (Lipinski definition) is 0. The van der Waals surface area contributed by atoms with Crippen LogP contribution in [0.3, 0.4) is 0 Å². The Bertz CT molecular complexity index is 515. The highest BCUT2D eigenvalue weighted by Gasteiger charge is 2.39. The first-order valence-corrected chi connectivity index (χ1v) is 4.51. The lowest BCUT2D eigenvalue weighted by Gasteiger charge is -2.14. The van der Waals surface area contributed by atoms with Crippen molar-refractivity contribution in [1.82, 2.24) is 0 Å². The topological polar surface area (TPSA) is 29.4 Å². The summed E-state index contributed by atoms with van der Waals surface area (Å²) in [5, 5.41) is -1.08. The molecule has 18 heavy (non-hydrogen) atoms. The number of aliphatic imine (C=N–C) groups is 1. The highest BCUT2D eigenvalue weighted by atomic mass is 35.5. The standard InChI is InChI=1S/C9H2ClF6NO/c10-7-5(9(14,15)16)1-4(8(11,12)13)2-6(7)17-3-18/h1-2H. The Labute approximate surface area is 101 Å². The van der Waals surface area contributed by atoms with Crippen molar-refractivity contribution in [3.8, 4) is 0 Å². The fourth-order valence-corrected chi connectivity index (χ4v) is 1.37. The Hall–Kier alpha value is -1.53. The quantitative estimate of drug-likeness (QED) is 0.429. The minimum atomic E-state index is -5.09. The van der Waals surface area contributed by atoms with Crippen LogP contribution < -0.4 is 0 Å². The molecule has 1 rings (SSSR count). The fourth-order valence-electron chi connectivity index (χ4n) is 1.11. The third-order valence-corrected chi connectivity index (χ3v) is 2.25. The minimum absolute atomic E-state index is 0.147. The maximum atomic E-state index is 12.4. The van der Waals surface area contributed by atoms with Crippen LogP contribution in [0, 0.1) is 0 Å². The van der Waals surface area contributed by atoms with Gasteiger partial charge in [0.2, 0.25) is 6.08 Å². The van der Waals surface area contributed by atoms with Crippen molar-refractivity contribution < 1.29 is 31.1 Å². The molecule has 0 amide bonds. The van der Waals surface area contributed by atoms with Gasteiger partial charge in [0.15, 0.2) is 0 Å². The molecule has 9 heteroatoms. The normalized spacial score (nSPS) is 12.2. The van der Waals surface area contributed by atoms with Crippen LogP contribution in [0.25, 0.3) is 0 Å². The Morgan fingerprint density at radius 2 is 1.61 bits per heavy atom. The molecule has 2 nitrogen and oxygen atoms in total. The van der Waals surface area contributed by atoms with Crippen molar-refractivity contribution in [2.45, 2.75) is 12.4 Å². The SMILES string of the molecule is O=C=Nc1cc(C(F)(F)F)cc(C(F)(F)F)c1Cl. The van der Waals surface area contributed by atoms with Gasteiger partial charge in [0, 0.05) is 0 Å². The van der Waals surface area contributed by atoms with E-state index in [1.165, 1.54) is 0 Å². The third-order valence-electron chi connectivity index (χ3n) is 1.85. The molecule has 0 spiro atoms. The lowest BCUT2D eigenvalue weighted by atomic mass is 10.1. The summed E-state index contributed by atoms with van der Waals surface area (Å²) in [6.07, 6.45) is -9.27. The van der Waals surface area contributed by atoms with Crippen LogP contribution in [-0.4, -0.2) is 6.08 Å². The molecule has 0 unspecified atom stereocenters. The van der Waals surface area contributed by atoms with Gasteiger partial charge in [0.25, 0.3) is 0 Å². The first-order valence-electron chi connectivity index (χ1n) is 4.13. The maximum absolute atomic E-state index is 12.4. The average molecular weight is 290 g/mol. The van der Waals surface area contributed by atoms with E-state index in [0.29, 0.717) is 0 Å². The Balaban J connectivity index is 3.62. The van der Waals surface area contributed by atoms with Crippen molar-refractivity contribution in [2.24, 2.45) is 4.99 Å². The molecular formula is C9H2ClF6NO. The first kappa shape index (κ1) is 14.5. The molecule has 1 aromatic carbocycles. The molecule has 1 aromatic rings. The molecule has 0 heterocycles. The van der Waals surface area contributed by atoms with E-state index in [4.69, 9.17) is 11.6 Å². The second kappa shape index (κ2) is 4.62. The van der Waals surface area contributed by atoms with Crippen LogP contribution in [0.1, 0.15) is 11.1 Å². The minimum Gasteiger partial charge on any atom is -0.211 e. The number of rotatable bonds is 1. The molecule has 98 valence electrons. The van der Waals surface area contributed by atoms with Crippen LogP contribution in [0.15, 0.2) is 17.1 Å². The van der Waals surface area contributed by atoms with Gasteiger partial charge in [0.1, 0.15) is 0 Å². The Kier molecular flexibility index (Phi) is 3.73. The molecule has 0 aliphatic rings. The monoisotopic (exact) mass is 289 g/mol. The van der Waals surface area contributed by atoms with Crippen LogP contribution in [-0.2, 0) is 17.1 Å². The van der Waals surface area contributed by atoms with E-state index in [1.807, 2.05) is 0 Å². The predicted octanol–water partition coefficient (Wildman–Crippen LogP) is 4.34. The summed E-state index contributed by atoms with van der Waals surface area (Å²) in [4.78, 5) is 12.7. The number of carbonyl (C=O) groups excluding carboxylic acids is 1. The fraction of sp³-hybridized carbons (Fsp3) is 0.222. The predicted molar refractivity (Wildman–Crippen MR) is 49.2 cm³/mol. The number of hydrogen-bond acceptors (Lipinski definition) is 2. The molecule has 0 saturated carbocycles. The number of halogens is 7. The molecule has 0 aliphatic carbocycles. The zero-order valence-electron chi connectivity index (χ0n) is 8.16. The Morgan fingerprint density at radius 1 is 1.06 bits per heavy atom. The van der Waals surface area contributed by atoms with E-state index < -0.39 is 34.2 Å². The summed E-state index contributed by atoms with van der Waals surface area (Å²) < 4.78 is 74.4. The summed E-state index contributed by atoms with van der Waals surface area (Å²) >= 11 is 5.23. The van der Waals surface area contributed by atoms with Crippen LogP contribution >= 0.6 is 11.6 Å².